The van der Waals surface area contributed by atoms with Crippen LogP contribution in [0.25, 0.3) is 0 Å². The lowest BCUT2D eigenvalue weighted by molar-refractivity contribution is 0.0931. The van der Waals surface area contributed by atoms with Gasteiger partial charge in [-0.3, -0.25) is 4.79 Å². The van der Waals surface area contributed by atoms with E-state index in [0.717, 1.165) is 17.7 Å². The molecular weight excluding hydrogens is 309 g/mol. The Morgan fingerprint density at radius 1 is 1.29 bits per heavy atom. The number of rotatable bonds is 2. The van der Waals surface area contributed by atoms with E-state index in [1.54, 1.807) is 11.8 Å². The second-order valence-corrected chi connectivity index (χ2v) is 6.40. The highest BCUT2D eigenvalue weighted by Crippen LogP contribution is 2.36. The molecule has 0 saturated carbocycles. The molecule has 1 atom stereocenters. The summed E-state index contributed by atoms with van der Waals surface area (Å²) in [6.07, 6.45) is 0.829. The van der Waals surface area contributed by atoms with Gasteiger partial charge >= 0.3 is 0 Å². The minimum atomic E-state index is -0.560. The number of nitrogens with one attached hydrogen (secondary N) is 1. The summed E-state index contributed by atoms with van der Waals surface area (Å²) in [5, 5.41) is 3.26. The zero-order chi connectivity index (χ0) is 14.8. The van der Waals surface area contributed by atoms with Gasteiger partial charge in [-0.15, -0.1) is 11.8 Å². The fourth-order valence-corrected chi connectivity index (χ4v) is 3.70. The van der Waals surface area contributed by atoms with Crippen LogP contribution >= 0.6 is 23.4 Å². The van der Waals surface area contributed by atoms with E-state index in [0.29, 0.717) is 5.02 Å². The number of carbonyl (C=O) groups excluding carboxylic acids is 1. The van der Waals surface area contributed by atoms with Crippen LogP contribution in [-0.4, -0.2) is 11.7 Å². The second kappa shape index (κ2) is 6.08. The summed E-state index contributed by atoms with van der Waals surface area (Å²) in [5.74, 6) is -0.0583. The van der Waals surface area contributed by atoms with Crippen molar-refractivity contribution in [2.24, 2.45) is 0 Å². The average molecular weight is 322 g/mol. The molecule has 0 bridgehead atoms. The zero-order valence-corrected chi connectivity index (χ0v) is 12.7. The number of benzene rings is 2. The number of fused-ring (bicyclic) bond motifs is 1. The Balaban J connectivity index is 1.84. The molecule has 3 rings (SSSR count). The van der Waals surface area contributed by atoms with E-state index in [1.807, 2.05) is 24.3 Å². The molecule has 2 nitrogen and oxygen atoms in total. The first-order valence-electron chi connectivity index (χ1n) is 6.63. The molecule has 0 aromatic heterocycles. The Bertz CT molecular complexity index is 692. The van der Waals surface area contributed by atoms with Gasteiger partial charge in [0.15, 0.2) is 0 Å². The number of hydrogen-bond donors (Lipinski definition) is 1. The number of amides is 1. The van der Waals surface area contributed by atoms with E-state index in [2.05, 4.69) is 5.32 Å². The van der Waals surface area contributed by atoms with Crippen molar-refractivity contribution in [1.82, 2.24) is 5.32 Å². The molecule has 0 fully saturated rings. The van der Waals surface area contributed by atoms with Crippen LogP contribution in [0.1, 0.15) is 28.4 Å². The van der Waals surface area contributed by atoms with Gasteiger partial charge in [-0.1, -0.05) is 29.8 Å². The molecule has 1 heterocycles. The first kappa shape index (κ1) is 14.4. The van der Waals surface area contributed by atoms with Crippen molar-refractivity contribution in [3.05, 3.63) is 64.4 Å². The quantitative estimate of drug-likeness (QED) is 0.885. The average Bonchev–Trinajstić information content (AvgIpc) is 2.50. The molecule has 1 unspecified atom stereocenters. The largest absolute Gasteiger partial charge is 0.345 e. The highest BCUT2D eigenvalue weighted by atomic mass is 35.5. The van der Waals surface area contributed by atoms with E-state index < -0.39 is 11.7 Å². The highest BCUT2D eigenvalue weighted by molar-refractivity contribution is 7.99. The minimum Gasteiger partial charge on any atom is -0.345 e. The van der Waals surface area contributed by atoms with Crippen molar-refractivity contribution >= 4 is 29.3 Å². The molecule has 0 spiro atoms. The normalized spacial score (nSPS) is 17.1. The second-order valence-electron chi connectivity index (χ2n) is 4.83. The van der Waals surface area contributed by atoms with Gasteiger partial charge in [-0.05, 0) is 36.2 Å². The summed E-state index contributed by atoms with van der Waals surface area (Å²) in [6, 6.07) is 11.9. The predicted molar refractivity (Wildman–Crippen MR) is 83.4 cm³/mol. The minimum absolute atomic E-state index is 0.0155. The van der Waals surface area contributed by atoms with Crippen LogP contribution in [0.4, 0.5) is 4.39 Å². The monoisotopic (exact) mass is 321 g/mol. The third-order valence-corrected chi connectivity index (χ3v) is 4.79. The number of carbonyl (C=O) groups is 1. The molecule has 0 saturated heterocycles. The van der Waals surface area contributed by atoms with Gasteiger partial charge < -0.3 is 5.32 Å². The maximum absolute atomic E-state index is 13.7. The molecule has 1 N–H and O–H groups in total. The van der Waals surface area contributed by atoms with Crippen molar-refractivity contribution in [2.45, 2.75) is 17.4 Å². The SMILES string of the molecule is O=C(NC1CCSc2ccccc21)c1cc(Cl)ccc1F. The Kier molecular flexibility index (Phi) is 4.17. The maximum Gasteiger partial charge on any atom is 0.254 e. The van der Waals surface area contributed by atoms with Gasteiger partial charge in [0.2, 0.25) is 0 Å². The Labute approximate surface area is 131 Å². The van der Waals surface area contributed by atoms with Crippen molar-refractivity contribution < 1.29 is 9.18 Å². The summed E-state index contributed by atoms with van der Waals surface area (Å²) in [4.78, 5) is 13.4. The fourth-order valence-electron chi connectivity index (χ4n) is 2.40. The summed E-state index contributed by atoms with van der Waals surface area (Å²) >= 11 is 7.61. The Morgan fingerprint density at radius 3 is 2.95 bits per heavy atom. The van der Waals surface area contributed by atoms with E-state index >= 15 is 0 Å². The van der Waals surface area contributed by atoms with Crippen LogP contribution in [0.5, 0.6) is 0 Å². The van der Waals surface area contributed by atoms with Crippen LogP contribution in [0, 0.1) is 5.82 Å². The lowest BCUT2D eigenvalue weighted by Crippen LogP contribution is -2.31. The summed E-state index contributed by atoms with van der Waals surface area (Å²) in [7, 11) is 0. The molecule has 2 aromatic carbocycles. The van der Waals surface area contributed by atoms with Crippen LogP contribution in [-0.2, 0) is 0 Å². The molecule has 5 heteroatoms. The molecule has 108 valence electrons. The first-order chi connectivity index (χ1) is 10.1. The number of thioether (sulfide) groups is 1. The topological polar surface area (TPSA) is 29.1 Å². The zero-order valence-electron chi connectivity index (χ0n) is 11.1. The third-order valence-electron chi connectivity index (χ3n) is 3.44. The van der Waals surface area contributed by atoms with E-state index in [1.165, 1.54) is 23.1 Å². The fraction of sp³-hybridized carbons (Fsp3) is 0.188. The van der Waals surface area contributed by atoms with E-state index in [9.17, 15) is 9.18 Å². The standard InChI is InChI=1S/C16H13ClFNOS/c17-10-5-6-13(18)12(9-10)16(20)19-14-7-8-21-15-4-2-1-3-11(14)15/h1-6,9,14H,7-8H2,(H,19,20). The van der Waals surface area contributed by atoms with Crippen LogP contribution in [0.3, 0.4) is 0 Å². The van der Waals surface area contributed by atoms with E-state index in [4.69, 9.17) is 11.6 Å². The van der Waals surface area contributed by atoms with Crippen molar-refractivity contribution in [2.75, 3.05) is 5.75 Å². The highest BCUT2D eigenvalue weighted by Gasteiger charge is 2.23. The molecule has 2 aromatic rings. The first-order valence-corrected chi connectivity index (χ1v) is 7.99. The summed E-state index contributed by atoms with van der Waals surface area (Å²) in [5.41, 5.74) is 1.07. The lowest BCUT2D eigenvalue weighted by atomic mass is 10.0. The van der Waals surface area contributed by atoms with Crippen LogP contribution in [0.15, 0.2) is 47.4 Å². The van der Waals surface area contributed by atoms with Gasteiger partial charge in [0.25, 0.3) is 5.91 Å². The molecule has 0 radical (unpaired) electrons. The van der Waals surface area contributed by atoms with Crippen LogP contribution in [0.2, 0.25) is 5.02 Å². The molecule has 21 heavy (non-hydrogen) atoms. The van der Waals surface area contributed by atoms with Gasteiger partial charge in [0, 0.05) is 15.7 Å². The van der Waals surface area contributed by atoms with Crippen molar-refractivity contribution in [1.29, 1.82) is 0 Å². The number of hydrogen-bond acceptors (Lipinski definition) is 2. The molecule has 0 aliphatic carbocycles. The number of halogens is 2. The van der Waals surface area contributed by atoms with Crippen molar-refractivity contribution in [3.63, 3.8) is 0 Å². The third kappa shape index (κ3) is 3.06. The molecular formula is C16H13ClFNOS. The van der Waals surface area contributed by atoms with Gasteiger partial charge in [-0.2, -0.15) is 0 Å². The van der Waals surface area contributed by atoms with Gasteiger partial charge in [-0.25, -0.2) is 4.39 Å². The molecule has 1 aliphatic heterocycles. The summed E-state index contributed by atoms with van der Waals surface area (Å²) < 4.78 is 13.7. The van der Waals surface area contributed by atoms with E-state index in [-0.39, 0.29) is 11.6 Å². The predicted octanol–water partition coefficient (Wildman–Crippen LogP) is 4.45. The molecule has 1 amide bonds. The summed E-state index contributed by atoms with van der Waals surface area (Å²) in [6.45, 7) is 0. The van der Waals surface area contributed by atoms with Crippen molar-refractivity contribution in [3.8, 4) is 0 Å². The lowest BCUT2D eigenvalue weighted by Gasteiger charge is -2.26. The Morgan fingerprint density at radius 2 is 2.10 bits per heavy atom. The van der Waals surface area contributed by atoms with Gasteiger partial charge in [0.1, 0.15) is 5.82 Å². The Hall–Kier alpha value is -1.52. The molecule has 1 aliphatic rings. The maximum atomic E-state index is 13.7. The van der Waals surface area contributed by atoms with Crippen LogP contribution < -0.4 is 5.32 Å². The smallest absolute Gasteiger partial charge is 0.254 e. The van der Waals surface area contributed by atoms with Gasteiger partial charge in [0.05, 0.1) is 11.6 Å².